The second-order valence-corrected chi connectivity index (χ2v) is 5.82. The van der Waals surface area contributed by atoms with E-state index in [0.717, 1.165) is 50.9 Å². The lowest BCUT2D eigenvalue weighted by Crippen LogP contribution is -2.32. The number of likely N-dealkylation sites (tertiary alicyclic amines) is 1. The molecule has 0 saturated carbocycles. The van der Waals surface area contributed by atoms with Gasteiger partial charge in [-0.25, -0.2) is 9.59 Å². The molecule has 2 rings (SSSR count). The average molecular weight is 321 g/mol. The van der Waals surface area contributed by atoms with Crippen molar-refractivity contribution in [2.75, 3.05) is 26.3 Å². The van der Waals surface area contributed by atoms with Crippen molar-refractivity contribution >= 4 is 11.9 Å². The molecule has 0 unspecified atom stereocenters. The van der Waals surface area contributed by atoms with Crippen LogP contribution >= 0.6 is 0 Å². The molecule has 0 radical (unpaired) electrons. The van der Waals surface area contributed by atoms with E-state index in [4.69, 9.17) is 9.47 Å². The molecule has 5 heteroatoms. The SMILES string of the molecule is CCOC(=O)C1=CCCCC(N2CCCCC2)=C1C(=O)OCC. The van der Waals surface area contributed by atoms with Gasteiger partial charge in [-0.05, 0) is 52.4 Å². The molecule has 5 nitrogen and oxygen atoms in total. The maximum Gasteiger partial charge on any atom is 0.340 e. The fourth-order valence-electron chi connectivity index (χ4n) is 3.20. The third-order valence-corrected chi connectivity index (χ3v) is 4.24. The average Bonchev–Trinajstić information content (AvgIpc) is 2.79. The van der Waals surface area contributed by atoms with Gasteiger partial charge in [-0.2, -0.15) is 0 Å². The van der Waals surface area contributed by atoms with Crippen LogP contribution in [-0.2, 0) is 19.1 Å². The van der Waals surface area contributed by atoms with Crippen LogP contribution in [-0.4, -0.2) is 43.1 Å². The Morgan fingerprint density at radius 1 is 1.00 bits per heavy atom. The van der Waals surface area contributed by atoms with Crippen molar-refractivity contribution < 1.29 is 19.1 Å². The van der Waals surface area contributed by atoms with Crippen molar-refractivity contribution in [3.8, 4) is 0 Å². The molecule has 0 N–H and O–H groups in total. The van der Waals surface area contributed by atoms with Crippen molar-refractivity contribution in [1.82, 2.24) is 4.90 Å². The molecule has 23 heavy (non-hydrogen) atoms. The second-order valence-electron chi connectivity index (χ2n) is 5.82. The molecule has 1 aliphatic carbocycles. The minimum Gasteiger partial charge on any atom is -0.462 e. The smallest absolute Gasteiger partial charge is 0.340 e. The van der Waals surface area contributed by atoms with Gasteiger partial charge < -0.3 is 14.4 Å². The predicted octanol–water partition coefficient (Wildman–Crippen LogP) is 2.96. The number of nitrogens with zero attached hydrogens (tertiary/aromatic N) is 1. The van der Waals surface area contributed by atoms with Crippen LogP contribution in [0.25, 0.3) is 0 Å². The molecule has 1 heterocycles. The van der Waals surface area contributed by atoms with Gasteiger partial charge in [0.2, 0.25) is 0 Å². The van der Waals surface area contributed by atoms with Crippen molar-refractivity contribution in [1.29, 1.82) is 0 Å². The Morgan fingerprint density at radius 2 is 1.65 bits per heavy atom. The maximum atomic E-state index is 12.6. The Bertz CT molecular complexity index is 501. The summed E-state index contributed by atoms with van der Waals surface area (Å²) in [5, 5.41) is 0. The van der Waals surface area contributed by atoms with Gasteiger partial charge in [0.25, 0.3) is 0 Å². The van der Waals surface area contributed by atoms with Crippen LogP contribution in [0.1, 0.15) is 52.4 Å². The molecular formula is C18H27NO4. The van der Waals surface area contributed by atoms with Gasteiger partial charge in [-0.3, -0.25) is 0 Å². The number of carbonyl (C=O) groups excluding carboxylic acids is 2. The quantitative estimate of drug-likeness (QED) is 0.729. The van der Waals surface area contributed by atoms with Gasteiger partial charge in [-0.1, -0.05) is 6.08 Å². The van der Waals surface area contributed by atoms with Gasteiger partial charge in [0, 0.05) is 18.8 Å². The monoisotopic (exact) mass is 321 g/mol. The van der Waals surface area contributed by atoms with Crippen LogP contribution < -0.4 is 0 Å². The first kappa shape index (κ1) is 17.6. The summed E-state index contributed by atoms with van der Waals surface area (Å²) < 4.78 is 10.4. The van der Waals surface area contributed by atoms with Gasteiger partial charge in [0.15, 0.2) is 0 Å². The molecule has 0 atom stereocenters. The van der Waals surface area contributed by atoms with Crippen LogP contribution in [0.15, 0.2) is 22.9 Å². The largest absolute Gasteiger partial charge is 0.462 e. The Labute approximate surface area is 138 Å². The summed E-state index contributed by atoms with van der Waals surface area (Å²) in [4.78, 5) is 27.2. The minimum absolute atomic E-state index is 0.297. The van der Waals surface area contributed by atoms with Crippen LogP contribution in [0, 0.1) is 0 Å². The summed E-state index contributed by atoms with van der Waals surface area (Å²) >= 11 is 0. The first-order valence-corrected chi connectivity index (χ1v) is 8.71. The first-order valence-electron chi connectivity index (χ1n) is 8.71. The molecule has 1 aliphatic heterocycles. The number of hydrogen-bond acceptors (Lipinski definition) is 5. The summed E-state index contributed by atoms with van der Waals surface area (Å²) in [6, 6.07) is 0. The van der Waals surface area contributed by atoms with Gasteiger partial charge in [-0.15, -0.1) is 0 Å². The number of ether oxygens (including phenoxy) is 2. The van der Waals surface area contributed by atoms with Gasteiger partial charge >= 0.3 is 11.9 Å². The highest BCUT2D eigenvalue weighted by Gasteiger charge is 2.30. The third kappa shape index (κ3) is 4.36. The minimum atomic E-state index is -0.424. The number of piperidine rings is 1. The number of carbonyl (C=O) groups is 2. The number of esters is 2. The van der Waals surface area contributed by atoms with E-state index in [9.17, 15) is 9.59 Å². The molecule has 128 valence electrons. The highest BCUT2D eigenvalue weighted by Crippen LogP contribution is 2.30. The van der Waals surface area contributed by atoms with E-state index in [-0.39, 0.29) is 0 Å². The molecule has 1 fully saturated rings. The molecule has 0 aromatic rings. The van der Waals surface area contributed by atoms with Gasteiger partial charge in [0.05, 0.1) is 24.4 Å². The highest BCUT2D eigenvalue weighted by atomic mass is 16.5. The van der Waals surface area contributed by atoms with E-state index >= 15 is 0 Å². The standard InChI is InChI=1S/C18H27NO4/c1-3-22-17(20)14-10-6-7-11-15(16(14)18(21)23-4-2)19-12-8-5-9-13-19/h10H,3-9,11-13H2,1-2H3. The first-order chi connectivity index (χ1) is 11.2. The number of allylic oxidation sites excluding steroid dienone is 2. The summed E-state index contributed by atoms with van der Waals surface area (Å²) in [5.41, 5.74) is 1.76. The number of rotatable bonds is 5. The lowest BCUT2D eigenvalue weighted by molar-refractivity contribution is -0.142. The molecule has 0 aromatic heterocycles. The van der Waals surface area contributed by atoms with Crippen molar-refractivity contribution in [3.05, 3.63) is 22.9 Å². The molecular weight excluding hydrogens is 294 g/mol. The van der Waals surface area contributed by atoms with Gasteiger partial charge in [0.1, 0.15) is 0 Å². The molecule has 0 spiro atoms. The number of hydrogen-bond donors (Lipinski definition) is 0. The van der Waals surface area contributed by atoms with E-state index < -0.39 is 11.9 Å². The summed E-state index contributed by atoms with van der Waals surface area (Å²) in [5.74, 6) is -0.832. The molecule has 0 amide bonds. The predicted molar refractivity (Wildman–Crippen MR) is 87.7 cm³/mol. The van der Waals surface area contributed by atoms with E-state index in [1.807, 2.05) is 6.08 Å². The van der Waals surface area contributed by atoms with E-state index in [1.165, 1.54) is 6.42 Å². The van der Waals surface area contributed by atoms with E-state index in [1.54, 1.807) is 13.8 Å². The molecule has 0 bridgehead atoms. The fraction of sp³-hybridized carbons (Fsp3) is 0.667. The summed E-state index contributed by atoms with van der Waals surface area (Å²) in [6.07, 6.45) is 7.80. The fourth-order valence-corrected chi connectivity index (χ4v) is 3.20. The van der Waals surface area contributed by atoms with Crippen LogP contribution in [0.4, 0.5) is 0 Å². The zero-order chi connectivity index (χ0) is 16.7. The normalized spacial score (nSPS) is 19.0. The van der Waals surface area contributed by atoms with Crippen LogP contribution in [0.3, 0.4) is 0 Å². The maximum absolute atomic E-state index is 12.6. The Kier molecular flexibility index (Phi) is 6.68. The summed E-state index contributed by atoms with van der Waals surface area (Å²) in [6.45, 7) is 6.03. The topological polar surface area (TPSA) is 55.8 Å². The molecule has 2 aliphatic rings. The molecule has 0 aromatic carbocycles. The summed E-state index contributed by atoms with van der Waals surface area (Å²) in [7, 11) is 0. The van der Waals surface area contributed by atoms with Crippen LogP contribution in [0.2, 0.25) is 0 Å². The third-order valence-electron chi connectivity index (χ3n) is 4.24. The highest BCUT2D eigenvalue weighted by molar-refractivity contribution is 6.07. The zero-order valence-corrected chi connectivity index (χ0v) is 14.2. The lowest BCUT2D eigenvalue weighted by Gasteiger charge is -2.32. The van der Waals surface area contributed by atoms with Crippen LogP contribution in [0.5, 0.6) is 0 Å². The van der Waals surface area contributed by atoms with E-state index in [2.05, 4.69) is 4.90 Å². The van der Waals surface area contributed by atoms with E-state index in [0.29, 0.717) is 24.4 Å². The second kappa shape index (κ2) is 8.75. The lowest BCUT2D eigenvalue weighted by atomic mass is 10.0. The molecule has 1 saturated heterocycles. The van der Waals surface area contributed by atoms with Crippen molar-refractivity contribution in [2.24, 2.45) is 0 Å². The Balaban J connectivity index is 2.42. The van der Waals surface area contributed by atoms with Crippen molar-refractivity contribution in [2.45, 2.75) is 52.4 Å². The Morgan fingerprint density at radius 3 is 2.30 bits per heavy atom. The van der Waals surface area contributed by atoms with Crippen molar-refractivity contribution in [3.63, 3.8) is 0 Å². The zero-order valence-electron chi connectivity index (χ0n) is 14.2. The Hall–Kier alpha value is -1.78.